The van der Waals surface area contributed by atoms with E-state index in [0.29, 0.717) is 19.6 Å². The molecule has 1 fully saturated rings. The van der Waals surface area contributed by atoms with E-state index in [4.69, 9.17) is 4.74 Å². The number of nitrogens with zero attached hydrogens (tertiary/aromatic N) is 5. The summed E-state index contributed by atoms with van der Waals surface area (Å²) in [6.07, 6.45) is 2.27. The first kappa shape index (κ1) is 21.9. The Hall–Kier alpha value is -2.88. The number of thiophene rings is 1. The molecule has 9 heteroatoms. The van der Waals surface area contributed by atoms with Crippen LogP contribution < -0.4 is 5.56 Å². The molecule has 1 saturated heterocycles. The van der Waals surface area contributed by atoms with Gasteiger partial charge in [-0.15, -0.1) is 16.4 Å². The maximum Gasteiger partial charge on any atom is 0.252 e. The minimum atomic E-state index is -0.0513. The average molecular weight is 465 g/mol. The summed E-state index contributed by atoms with van der Waals surface area (Å²) >= 11 is 1.71. The molecule has 0 unspecified atom stereocenters. The highest BCUT2D eigenvalue weighted by Gasteiger charge is 2.21. The Labute approximate surface area is 196 Å². The zero-order chi connectivity index (χ0) is 22.8. The van der Waals surface area contributed by atoms with Crippen molar-refractivity contribution in [2.24, 2.45) is 0 Å². The Morgan fingerprint density at radius 1 is 1.24 bits per heavy atom. The second kappa shape index (κ2) is 9.54. The highest BCUT2D eigenvalue weighted by Crippen LogP contribution is 2.21. The third kappa shape index (κ3) is 5.05. The molecule has 0 radical (unpaired) electrons. The van der Waals surface area contributed by atoms with E-state index in [-0.39, 0.29) is 11.7 Å². The molecule has 33 heavy (non-hydrogen) atoms. The van der Waals surface area contributed by atoms with Crippen molar-refractivity contribution >= 4 is 22.2 Å². The average Bonchev–Trinajstić information content (AvgIpc) is 3.54. The van der Waals surface area contributed by atoms with Gasteiger partial charge in [-0.1, -0.05) is 17.7 Å². The van der Waals surface area contributed by atoms with Crippen LogP contribution in [-0.2, 0) is 30.9 Å². The maximum absolute atomic E-state index is 13.0. The number of hydrogen-bond acceptors (Lipinski definition) is 7. The number of pyridine rings is 1. The molecule has 5 rings (SSSR count). The second-order valence-corrected chi connectivity index (χ2v) is 9.84. The summed E-state index contributed by atoms with van der Waals surface area (Å²) in [6.45, 7) is 7.33. The lowest BCUT2D eigenvalue weighted by Crippen LogP contribution is -2.28. The van der Waals surface area contributed by atoms with Crippen LogP contribution >= 0.6 is 11.3 Å². The summed E-state index contributed by atoms with van der Waals surface area (Å²) in [6, 6.07) is 10.4. The predicted octanol–water partition coefficient (Wildman–Crippen LogP) is 3.57. The van der Waals surface area contributed by atoms with Gasteiger partial charge in [-0.3, -0.25) is 9.69 Å². The summed E-state index contributed by atoms with van der Waals surface area (Å²) in [5.74, 6) is 0.783. The van der Waals surface area contributed by atoms with E-state index in [1.807, 2.05) is 23.7 Å². The van der Waals surface area contributed by atoms with E-state index in [1.165, 1.54) is 10.4 Å². The van der Waals surface area contributed by atoms with Gasteiger partial charge in [0.05, 0.1) is 24.7 Å². The number of tetrazole rings is 1. The molecule has 1 aliphatic rings. The number of H-pyrrole nitrogens is 1. The monoisotopic (exact) mass is 464 g/mol. The molecule has 3 aromatic heterocycles. The number of aromatic amines is 1. The molecule has 4 heterocycles. The summed E-state index contributed by atoms with van der Waals surface area (Å²) in [5.41, 5.74) is 3.85. The SMILES string of the molecule is Cc1cc(C)c2[nH]c(=O)c(CN(Cc3cccs3)Cc3nnnn3C[C@@H]3CCCO3)cc2c1. The van der Waals surface area contributed by atoms with E-state index in [9.17, 15) is 4.79 Å². The lowest BCUT2D eigenvalue weighted by molar-refractivity contribution is 0.0915. The number of rotatable bonds is 8. The topological polar surface area (TPSA) is 88.9 Å². The fourth-order valence-electron chi connectivity index (χ4n) is 4.54. The molecule has 4 aromatic rings. The number of aryl methyl sites for hydroxylation is 2. The molecule has 0 saturated carbocycles. The number of fused-ring (bicyclic) bond motifs is 1. The molecule has 0 spiro atoms. The van der Waals surface area contributed by atoms with Crippen LogP contribution in [0, 0.1) is 13.8 Å². The molecule has 1 N–H and O–H groups in total. The highest BCUT2D eigenvalue weighted by molar-refractivity contribution is 7.09. The molecule has 1 aliphatic heterocycles. The molecule has 0 bridgehead atoms. The van der Waals surface area contributed by atoms with Crippen molar-refractivity contribution in [2.45, 2.75) is 59.0 Å². The van der Waals surface area contributed by atoms with E-state index in [1.54, 1.807) is 11.3 Å². The molecule has 172 valence electrons. The second-order valence-electron chi connectivity index (χ2n) is 8.81. The van der Waals surface area contributed by atoms with Crippen molar-refractivity contribution in [3.05, 3.63) is 73.5 Å². The highest BCUT2D eigenvalue weighted by atomic mass is 32.1. The summed E-state index contributed by atoms with van der Waals surface area (Å²) < 4.78 is 7.61. The Morgan fingerprint density at radius 3 is 2.94 bits per heavy atom. The zero-order valence-electron chi connectivity index (χ0n) is 19.0. The Balaban J connectivity index is 1.42. The van der Waals surface area contributed by atoms with E-state index >= 15 is 0 Å². The summed E-state index contributed by atoms with van der Waals surface area (Å²) in [5, 5.41) is 15.5. The minimum absolute atomic E-state index is 0.0513. The third-order valence-electron chi connectivity index (χ3n) is 6.10. The van der Waals surface area contributed by atoms with Gasteiger partial charge in [0, 0.05) is 30.1 Å². The number of aromatic nitrogens is 5. The van der Waals surface area contributed by atoms with Crippen LogP contribution in [0.25, 0.3) is 10.9 Å². The van der Waals surface area contributed by atoms with Gasteiger partial charge >= 0.3 is 0 Å². The largest absolute Gasteiger partial charge is 0.376 e. The van der Waals surface area contributed by atoms with Gasteiger partial charge in [0.2, 0.25) is 0 Å². The van der Waals surface area contributed by atoms with Crippen LogP contribution in [0.3, 0.4) is 0 Å². The van der Waals surface area contributed by atoms with Crippen molar-refractivity contribution in [3.8, 4) is 0 Å². The first-order valence-electron chi connectivity index (χ1n) is 11.3. The fourth-order valence-corrected chi connectivity index (χ4v) is 5.29. The Bertz CT molecular complexity index is 1290. The van der Waals surface area contributed by atoms with Crippen LogP contribution in [0.5, 0.6) is 0 Å². The van der Waals surface area contributed by atoms with Crippen molar-refractivity contribution in [2.75, 3.05) is 6.61 Å². The lowest BCUT2D eigenvalue weighted by Gasteiger charge is -2.21. The molecule has 0 aliphatic carbocycles. The van der Waals surface area contributed by atoms with E-state index in [0.717, 1.165) is 53.8 Å². The normalized spacial score (nSPS) is 16.3. The van der Waals surface area contributed by atoms with Gasteiger partial charge < -0.3 is 9.72 Å². The van der Waals surface area contributed by atoms with Gasteiger partial charge in [0.1, 0.15) is 0 Å². The molecular formula is C24H28N6O2S. The lowest BCUT2D eigenvalue weighted by atomic mass is 10.1. The van der Waals surface area contributed by atoms with Crippen molar-refractivity contribution in [1.29, 1.82) is 0 Å². The molecule has 0 amide bonds. The zero-order valence-corrected chi connectivity index (χ0v) is 19.8. The Morgan fingerprint density at radius 2 is 2.15 bits per heavy atom. The Kier molecular flexibility index (Phi) is 6.34. The minimum Gasteiger partial charge on any atom is -0.376 e. The number of benzene rings is 1. The van der Waals surface area contributed by atoms with Gasteiger partial charge in [0.25, 0.3) is 5.56 Å². The molecule has 1 atom stereocenters. The van der Waals surface area contributed by atoms with Gasteiger partial charge in [-0.2, -0.15) is 0 Å². The number of ether oxygens (including phenoxy) is 1. The van der Waals surface area contributed by atoms with Crippen molar-refractivity contribution in [1.82, 2.24) is 30.1 Å². The first-order chi connectivity index (χ1) is 16.0. The third-order valence-corrected chi connectivity index (χ3v) is 6.96. The quantitative estimate of drug-likeness (QED) is 0.429. The fraction of sp³-hybridized carbons (Fsp3) is 0.417. The van der Waals surface area contributed by atoms with Crippen LogP contribution in [0.1, 0.15) is 40.2 Å². The van der Waals surface area contributed by atoms with E-state index in [2.05, 4.69) is 55.9 Å². The van der Waals surface area contributed by atoms with Gasteiger partial charge in [-0.25, -0.2) is 4.68 Å². The van der Waals surface area contributed by atoms with Crippen molar-refractivity contribution < 1.29 is 4.74 Å². The molecular weight excluding hydrogens is 436 g/mol. The van der Waals surface area contributed by atoms with Crippen LogP contribution in [-0.4, -0.2) is 42.8 Å². The summed E-state index contributed by atoms with van der Waals surface area (Å²) in [7, 11) is 0. The maximum atomic E-state index is 13.0. The van der Waals surface area contributed by atoms with Crippen LogP contribution in [0.4, 0.5) is 0 Å². The predicted molar refractivity (Wildman–Crippen MR) is 128 cm³/mol. The van der Waals surface area contributed by atoms with Crippen LogP contribution in [0.2, 0.25) is 0 Å². The standard InChI is InChI=1S/C24H28N6O2S/c1-16-9-17(2)23-18(10-16)11-19(24(31)25-23)12-29(14-21-6-4-8-33-21)15-22-26-27-28-30(22)13-20-5-3-7-32-20/h4,6,8-11,20H,3,5,7,12-15H2,1-2H3,(H,25,31)/t20-/m0/s1. The van der Waals surface area contributed by atoms with Crippen molar-refractivity contribution in [3.63, 3.8) is 0 Å². The van der Waals surface area contributed by atoms with E-state index < -0.39 is 0 Å². The number of hydrogen-bond donors (Lipinski definition) is 1. The van der Waals surface area contributed by atoms with Gasteiger partial charge in [0.15, 0.2) is 5.82 Å². The molecule has 1 aromatic carbocycles. The first-order valence-corrected chi connectivity index (χ1v) is 12.2. The van der Waals surface area contributed by atoms with Crippen LogP contribution in [0.15, 0.2) is 40.5 Å². The smallest absolute Gasteiger partial charge is 0.252 e. The van der Waals surface area contributed by atoms with Gasteiger partial charge in [-0.05, 0) is 71.6 Å². The number of nitrogens with one attached hydrogen (secondary N) is 1. The summed E-state index contributed by atoms with van der Waals surface area (Å²) in [4.78, 5) is 19.5. The molecule has 8 nitrogen and oxygen atoms in total.